The molecule has 0 saturated carbocycles. The predicted octanol–water partition coefficient (Wildman–Crippen LogP) is 4.35. The van der Waals surface area contributed by atoms with E-state index in [-0.39, 0.29) is 5.91 Å². The maximum Gasteiger partial charge on any atom is 0.338 e. The maximum atomic E-state index is 13.5. The van der Waals surface area contributed by atoms with Gasteiger partial charge in [-0.2, -0.15) is 0 Å². The molecule has 1 aliphatic heterocycles. The van der Waals surface area contributed by atoms with Gasteiger partial charge in [0.05, 0.1) is 22.6 Å². The zero-order chi connectivity index (χ0) is 22.9. The third kappa shape index (κ3) is 3.87. The molecule has 1 aromatic heterocycles. The van der Waals surface area contributed by atoms with Gasteiger partial charge in [0, 0.05) is 9.79 Å². The summed E-state index contributed by atoms with van der Waals surface area (Å²) in [5.74, 6) is -0.888. The first-order valence-electron chi connectivity index (χ1n) is 10.3. The highest BCUT2D eigenvalue weighted by molar-refractivity contribution is 7.99. The van der Waals surface area contributed by atoms with Crippen LogP contribution in [0.4, 0.5) is 11.4 Å². The van der Waals surface area contributed by atoms with Crippen LogP contribution in [0.3, 0.4) is 0 Å². The molecule has 0 bridgehead atoms. The molecule has 2 heterocycles. The van der Waals surface area contributed by atoms with Gasteiger partial charge in [0.2, 0.25) is 0 Å². The van der Waals surface area contributed by atoms with Crippen molar-refractivity contribution in [1.29, 1.82) is 0 Å². The van der Waals surface area contributed by atoms with Gasteiger partial charge in [-0.15, -0.1) is 5.10 Å². The van der Waals surface area contributed by atoms with Crippen LogP contribution in [0.5, 0.6) is 0 Å². The number of fused-ring (bicyclic) bond motifs is 2. The average molecular weight is 458 g/mol. The smallest absolute Gasteiger partial charge is 0.338 e. The maximum absolute atomic E-state index is 13.5. The number of esters is 1. The number of hydrogen-bond acceptors (Lipinski definition) is 7. The SMILES string of the molecule is Cc1cc(C(=O)OC(C)C(=O)N2c3ccccc3Sc3ccccc32)ccc1-n1cnnn1. The minimum absolute atomic E-state index is 0.314. The Bertz CT molecular complexity index is 1310. The van der Waals surface area contributed by atoms with Crippen molar-refractivity contribution in [3.05, 3.63) is 84.2 Å². The first-order valence-corrected chi connectivity index (χ1v) is 11.1. The summed E-state index contributed by atoms with van der Waals surface area (Å²) in [6.45, 7) is 3.44. The summed E-state index contributed by atoms with van der Waals surface area (Å²) in [6.07, 6.45) is 0.495. The van der Waals surface area contributed by atoms with E-state index >= 15 is 0 Å². The molecule has 164 valence electrons. The fraction of sp³-hybridized carbons (Fsp3) is 0.125. The van der Waals surface area contributed by atoms with Crippen molar-refractivity contribution in [2.45, 2.75) is 29.7 Å². The number of para-hydroxylation sites is 2. The number of carbonyl (C=O) groups excluding carboxylic acids is 2. The third-order valence-electron chi connectivity index (χ3n) is 5.31. The second kappa shape index (κ2) is 8.51. The fourth-order valence-corrected chi connectivity index (χ4v) is 4.77. The van der Waals surface area contributed by atoms with Gasteiger partial charge in [-0.1, -0.05) is 36.0 Å². The van der Waals surface area contributed by atoms with E-state index in [4.69, 9.17) is 4.74 Å². The van der Waals surface area contributed by atoms with Crippen molar-refractivity contribution in [2.24, 2.45) is 0 Å². The van der Waals surface area contributed by atoms with Gasteiger partial charge in [0.25, 0.3) is 5.91 Å². The summed E-state index contributed by atoms with van der Waals surface area (Å²) in [4.78, 5) is 29.9. The van der Waals surface area contributed by atoms with Gasteiger partial charge in [0.1, 0.15) is 6.33 Å². The molecule has 5 rings (SSSR count). The number of hydrogen-bond donors (Lipinski definition) is 0. The third-order valence-corrected chi connectivity index (χ3v) is 6.44. The van der Waals surface area contributed by atoms with Gasteiger partial charge in [-0.3, -0.25) is 9.69 Å². The highest BCUT2D eigenvalue weighted by Crippen LogP contribution is 2.48. The van der Waals surface area contributed by atoms with Gasteiger partial charge in [-0.25, -0.2) is 9.48 Å². The first-order chi connectivity index (χ1) is 16.0. The van der Waals surface area contributed by atoms with Crippen LogP contribution < -0.4 is 4.90 Å². The lowest BCUT2D eigenvalue weighted by molar-refractivity contribution is -0.125. The molecule has 0 fully saturated rings. The number of benzene rings is 3. The van der Waals surface area contributed by atoms with Crippen LogP contribution in [0, 0.1) is 6.92 Å². The summed E-state index contributed by atoms with van der Waals surface area (Å²) in [5, 5.41) is 11.1. The van der Waals surface area contributed by atoms with Gasteiger partial charge in [0.15, 0.2) is 6.10 Å². The molecular weight excluding hydrogens is 438 g/mol. The average Bonchev–Trinajstić information content (AvgIpc) is 3.36. The largest absolute Gasteiger partial charge is 0.449 e. The zero-order valence-electron chi connectivity index (χ0n) is 17.9. The van der Waals surface area contributed by atoms with Crippen molar-refractivity contribution in [3.8, 4) is 5.69 Å². The van der Waals surface area contributed by atoms with E-state index in [0.717, 1.165) is 32.4 Å². The van der Waals surface area contributed by atoms with Gasteiger partial charge < -0.3 is 4.74 Å². The molecule has 1 unspecified atom stereocenters. The highest BCUT2D eigenvalue weighted by atomic mass is 32.2. The molecule has 33 heavy (non-hydrogen) atoms. The lowest BCUT2D eigenvalue weighted by Gasteiger charge is -2.32. The Hall–Kier alpha value is -3.98. The van der Waals surface area contributed by atoms with Crippen molar-refractivity contribution in [3.63, 3.8) is 0 Å². The van der Waals surface area contributed by atoms with Crippen LogP contribution in [-0.4, -0.2) is 38.2 Å². The zero-order valence-corrected chi connectivity index (χ0v) is 18.7. The molecule has 0 radical (unpaired) electrons. The normalized spacial score (nSPS) is 13.1. The van der Waals surface area contributed by atoms with Crippen LogP contribution in [0.25, 0.3) is 5.69 Å². The standard InChI is InChI=1S/C24H19N5O3S/c1-15-13-17(11-12-18(15)28-14-25-26-27-28)24(31)32-16(2)23(30)29-19-7-3-5-9-21(19)33-22-10-6-4-8-20(22)29/h3-14,16H,1-2H3. The summed E-state index contributed by atoms with van der Waals surface area (Å²) in [6, 6.07) is 20.5. The number of nitrogens with zero attached hydrogens (tertiary/aromatic N) is 5. The Morgan fingerprint density at radius 3 is 2.21 bits per heavy atom. The summed E-state index contributed by atoms with van der Waals surface area (Å²) in [7, 11) is 0. The molecule has 1 atom stereocenters. The molecule has 8 nitrogen and oxygen atoms in total. The van der Waals surface area contributed by atoms with E-state index in [1.807, 2.05) is 55.5 Å². The molecule has 0 saturated heterocycles. The van der Waals surface area contributed by atoms with Crippen LogP contribution in [0.1, 0.15) is 22.8 Å². The van der Waals surface area contributed by atoms with Crippen molar-refractivity contribution in [1.82, 2.24) is 20.2 Å². The van der Waals surface area contributed by atoms with E-state index in [9.17, 15) is 9.59 Å². The minimum Gasteiger partial charge on any atom is -0.449 e. The molecule has 0 aliphatic carbocycles. The number of aromatic nitrogens is 4. The van der Waals surface area contributed by atoms with E-state index in [0.29, 0.717) is 5.56 Å². The van der Waals surface area contributed by atoms with Crippen molar-refractivity contribution in [2.75, 3.05) is 4.90 Å². The molecular formula is C24H19N5O3S. The number of aryl methyl sites for hydroxylation is 1. The molecule has 0 spiro atoms. The van der Waals surface area contributed by atoms with Crippen LogP contribution >= 0.6 is 11.8 Å². The van der Waals surface area contributed by atoms with E-state index in [1.54, 1.807) is 41.8 Å². The number of tetrazole rings is 1. The van der Waals surface area contributed by atoms with Crippen LogP contribution in [-0.2, 0) is 9.53 Å². The summed E-state index contributed by atoms with van der Waals surface area (Å²) >= 11 is 1.61. The second-order valence-electron chi connectivity index (χ2n) is 7.51. The molecule has 1 amide bonds. The number of amides is 1. The molecule has 3 aromatic carbocycles. The lowest BCUT2D eigenvalue weighted by atomic mass is 10.1. The Morgan fingerprint density at radius 2 is 1.61 bits per heavy atom. The fourth-order valence-electron chi connectivity index (χ4n) is 3.71. The predicted molar refractivity (Wildman–Crippen MR) is 123 cm³/mol. The van der Waals surface area contributed by atoms with Crippen LogP contribution in [0.2, 0.25) is 0 Å². The van der Waals surface area contributed by atoms with E-state index < -0.39 is 12.1 Å². The minimum atomic E-state index is -0.985. The number of carbonyl (C=O) groups is 2. The molecule has 9 heteroatoms. The van der Waals surface area contributed by atoms with Crippen molar-refractivity contribution < 1.29 is 14.3 Å². The number of ether oxygens (including phenoxy) is 1. The Balaban J connectivity index is 1.39. The quantitative estimate of drug-likeness (QED) is 0.421. The molecule has 0 N–H and O–H groups in total. The Kier molecular flexibility index (Phi) is 5.39. The monoisotopic (exact) mass is 457 g/mol. The van der Waals surface area contributed by atoms with E-state index in [1.165, 1.54) is 11.0 Å². The Morgan fingerprint density at radius 1 is 0.939 bits per heavy atom. The number of rotatable bonds is 4. The number of anilines is 2. The second-order valence-corrected chi connectivity index (χ2v) is 8.60. The lowest BCUT2D eigenvalue weighted by Crippen LogP contribution is -2.38. The summed E-state index contributed by atoms with van der Waals surface area (Å²) < 4.78 is 7.10. The van der Waals surface area contributed by atoms with E-state index in [2.05, 4.69) is 15.5 Å². The van der Waals surface area contributed by atoms with Crippen LogP contribution in [0.15, 0.2) is 82.8 Å². The topological polar surface area (TPSA) is 90.2 Å². The first kappa shape index (κ1) is 20.9. The van der Waals surface area contributed by atoms with Gasteiger partial charge in [-0.05, 0) is 72.3 Å². The van der Waals surface area contributed by atoms with Crippen molar-refractivity contribution >= 4 is 35.0 Å². The molecule has 4 aromatic rings. The Labute approximate surface area is 194 Å². The molecule has 1 aliphatic rings. The van der Waals surface area contributed by atoms with Gasteiger partial charge >= 0.3 is 5.97 Å². The highest BCUT2D eigenvalue weighted by Gasteiger charge is 2.32. The summed E-state index contributed by atoms with van der Waals surface area (Å²) in [5.41, 5.74) is 3.44.